The molecule has 0 bridgehead atoms. The largest absolute Gasteiger partial charge is 0.300 e. The molecule has 0 radical (unpaired) electrons. The molecule has 1 N–H and O–H groups in total. The molecule has 1 rings (SSSR count). The molecule has 106 valence electrons. The van der Waals surface area contributed by atoms with E-state index in [1.165, 1.54) is 0 Å². The monoisotopic (exact) mass is 253 g/mol. The number of hydrogen-bond acceptors (Lipinski definition) is 2. The highest BCUT2D eigenvalue weighted by molar-refractivity contribution is 5.92. The minimum absolute atomic E-state index is 0.0124. The summed E-state index contributed by atoms with van der Waals surface area (Å²) >= 11 is 0. The smallest absolute Gasteiger partial charge is 0.158 e. The third kappa shape index (κ3) is 3.81. The van der Waals surface area contributed by atoms with Gasteiger partial charge in [-0.05, 0) is 52.4 Å². The highest BCUT2D eigenvalue weighted by atomic mass is 16.1. The molecular formula is C16H31NO. The van der Waals surface area contributed by atoms with E-state index in [4.69, 9.17) is 0 Å². The van der Waals surface area contributed by atoms with Crippen molar-refractivity contribution in [2.75, 3.05) is 0 Å². The maximum atomic E-state index is 12.9. The van der Waals surface area contributed by atoms with E-state index < -0.39 is 0 Å². The van der Waals surface area contributed by atoms with E-state index in [2.05, 4.69) is 33.0 Å². The van der Waals surface area contributed by atoms with E-state index >= 15 is 0 Å². The number of rotatable bonds is 2. The summed E-state index contributed by atoms with van der Waals surface area (Å²) in [4.78, 5) is 12.9. The molecule has 0 spiro atoms. The molecule has 0 aromatic carbocycles. The third-order valence-corrected chi connectivity index (χ3v) is 3.86. The summed E-state index contributed by atoms with van der Waals surface area (Å²) in [5.41, 5.74) is -0.580. The molecule has 1 fully saturated rings. The summed E-state index contributed by atoms with van der Waals surface area (Å²) < 4.78 is 0. The summed E-state index contributed by atoms with van der Waals surface area (Å²) in [6.45, 7) is 14.9. The van der Waals surface area contributed by atoms with Crippen LogP contribution in [0.4, 0.5) is 0 Å². The zero-order valence-electron chi connectivity index (χ0n) is 13.3. The van der Waals surface area contributed by atoms with Crippen molar-refractivity contribution >= 4 is 5.78 Å². The quantitative estimate of drug-likeness (QED) is 0.807. The second kappa shape index (κ2) is 4.96. The van der Waals surface area contributed by atoms with Crippen molar-refractivity contribution in [2.24, 2.45) is 11.3 Å². The maximum absolute atomic E-state index is 12.9. The van der Waals surface area contributed by atoms with Gasteiger partial charge in [0.25, 0.3) is 0 Å². The Morgan fingerprint density at radius 3 is 1.83 bits per heavy atom. The van der Waals surface area contributed by atoms with Crippen LogP contribution >= 0.6 is 0 Å². The van der Waals surface area contributed by atoms with Gasteiger partial charge in [-0.3, -0.25) is 4.79 Å². The topological polar surface area (TPSA) is 29.1 Å². The Morgan fingerprint density at radius 1 is 1.06 bits per heavy atom. The summed E-state index contributed by atoms with van der Waals surface area (Å²) in [6, 6.07) is 0. The van der Waals surface area contributed by atoms with E-state index in [9.17, 15) is 4.79 Å². The van der Waals surface area contributed by atoms with E-state index in [-0.39, 0.29) is 16.5 Å². The van der Waals surface area contributed by atoms with Crippen molar-refractivity contribution in [1.29, 1.82) is 0 Å². The van der Waals surface area contributed by atoms with Gasteiger partial charge in [0.15, 0.2) is 5.78 Å². The van der Waals surface area contributed by atoms with Crippen LogP contribution in [0, 0.1) is 11.3 Å². The van der Waals surface area contributed by atoms with Crippen molar-refractivity contribution in [1.82, 2.24) is 5.32 Å². The van der Waals surface area contributed by atoms with Crippen LogP contribution < -0.4 is 5.32 Å². The SMILES string of the molecule is CC1CCC(NC(C)(C)C)(C(=O)C(C)(C)C)CC1. The third-order valence-electron chi connectivity index (χ3n) is 3.86. The molecule has 0 aromatic rings. The highest BCUT2D eigenvalue weighted by Crippen LogP contribution is 2.38. The molecule has 2 nitrogen and oxygen atoms in total. The van der Waals surface area contributed by atoms with Crippen LogP contribution in [0.3, 0.4) is 0 Å². The fraction of sp³-hybridized carbons (Fsp3) is 0.938. The fourth-order valence-corrected chi connectivity index (χ4v) is 3.10. The molecule has 0 heterocycles. The number of carbonyl (C=O) groups excluding carboxylic acids is 1. The van der Waals surface area contributed by atoms with Gasteiger partial charge in [-0.1, -0.05) is 27.7 Å². The summed E-state index contributed by atoms with van der Waals surface area (Å²) in [7, 11) is 0. The predicted octanol–water partition coefficient (Wildman–Crippen LogP) is 3.94. The predicted molar refractivity (Wildman–Crippen MR) is 77.7 cm³/mol. The van der Waals surface area contributed by atoms with Crippen LogP contribution in [0.1, 0.15) is 74.1 Å². The van der Waals surface area contributed by atoms with Crippen molar-refractivity contribution in [3.05, 3.63) is 0 Å². The molecular weight excluding hydrogens is 222 g/mol. The highest BCUT2D eigenvalue weighted by Gasteiger charge is 2.46. The van der Waals surface area contributed by atoms with Gasteiger partial charge in [0, 0.05) is 11.0 Å². The summed E-state index contributed by atoms with van der Waals surface area (Å²) in [5.74, 6) is 1.14. The van der Waals surface area contributed by atoms with Gasteiger partial charge in [-0.15, -0.1) is 0 Å². The fourth-order valence-electron chi connectivity index (χ4n) is 3.10. The van der Waals surface area contributed by atoms with Crippen LogP contribution in [-0.4, -0.2) is 16.9 Å². The molecule has 0 aliphatic heterocycles. The molecule has 0 saturated heterocycles. The molecule has 1 aliphatic carbocycles. The molecule has 0 aromatic heterocycles. The maximum Gasteiger partial charge on any atom is 0.158 e. The number of Topliss-reactive ketones (excluding diaryl/α,β-unsaturated/α-hetero) is 1. The molecule has 2 heteroatoms. The lowest BCUT2D eigenvalue weighted by atomic mass is 9.67. The van der Waals surface area contributed by atoms with Crippen molar-refractivity contribution in [2.45, 2.75) is 85.2 Å². The average Bonchev–Trinajstić information content (AvgIpc) is 2.17. The first-order valence-electron chi connectivity index (χ1n) is 7.31. The number of nitrogens with one attached hydrogen (secondary N) is 1. The second-order valence-electron chi connectivity index (χ2n) is 8.22. The Labute approximate surface area is 113 Å². The van der Waals surface area contributed by atoms with Crippen LogP contribution in [0.5, 0.6) is 0 Å². The van der Waals surface area contributed by atoms with Gasteiger partial charge in [0.1, 0.15) is 0 Å². The lowest BCUT2D eigenvalue weighted by molar-refractivity contribution is -0.136. The van der Waals surface area contributed by atoms with Gasteiger partial charge in [-0.2, -0.15) is 0 Å². The molecule has 0 amide bonds. The normalized spacial score (nSPS) is 30.3. The Kier molecular flexibility index (Phi) is 4.32. The molecule has 0 unspecified atom stereocenters. The van der Waals surface area contributed by atoms with E-state index in [0.29, 0.717) is 5.78 Å². The number of hydrogen-bond donors (Lipinski definition) is 1. The Bertz CT molecular complexity index is 298. The summed E-state index contributed by atoms with van der Waals surface area (Å²) in [5, 5.41) is 3.65. The summed E-state index contributed by atoms with van der Waals surface area (Å²) in [6.07, 6.45) is 4.29. The van der Waals surface area contributed by atoms with Crippen LogP contribution in [0.25, 0.3) is 0 Å². The second-order valence-corrected chi connectivity index (χ2v) is 8.22. The van der Waals surface area contributed by atoms with Crippen molar-refractivity contribution < 1.29 is 4.79 Å². The standard InChI is InChI=1S/C16H31NO/c1-12-8-10-16(11-9-12,17-15(5,6)7)13(18)14(2,3)4/h12,17H,8-11H2,1-7H3. The average molecular weight is 253 g/mol. The number of ketones is 1. The van der Waals surface area contributed by atoms with Gasteiger partial charge in [0.05, 0.1) is 5.54 Å². The molecule has 1 saturated carbocycles. The Balaban J connectivity index is 2.99. The zero-order chi connectivity index (χ0) is 14.2. The van der Waals surface area contributed by atoms with Crippen LogP contribution in [-0.2, 0) is 4.79 Å². The van der Waals surface area contributed by atoms with E-state index in [1.54, 1.807) is 0 Å². The number of carbonyl (C=O) groups is 1. The van der Waals surface area contributed by atoms with Crippen LogP contribution in [0.15, 0.2) is 0 Å². The Morgan fingerprint density at radius 2 is 1.50 bits per heavy atom. The zero-order valence-corrected chi connectivity index (χ0v) is 13.3. The van der Waals surface area contributed by atoms with Gasteiger partial charge < -0.3 is 5.32 Å². The van der Waals surface area contributed by atoms with Gasteiger partial charge in [-0.25, -0.2) is 0 Å². The molecule has 0 atom stereocenters. The van der Waals surface area contributed by atoms with Crippen molar-refractivity contribution in [3.8, 4) is 0 Å². The Hall–Kier alpha value is -0.370. The minimum atomic E-state index is -0.303. The molecule has 1 aliphatic rings. The van der Waals surface area contributed by atoms with E-state index in [1.807, 2.05) is 20.8 Å². The van der Waals surface area contributed by atoms with Crippen LogP contribution in [0.2, 0.25) is 0 Å². The van der Waals surface area contributed by atoms with Gasteiger partial charge >= 0.3 is 0 Å². The van der Waals surface area contributed by atoms with E-state index in [0.717, 1.165) is 31.6 Å². The lowest BCUT2D eigenvalue weighted by Crippen LogP contribution is -2.62. The first-order chi connectivity index (χ1) is 7.96. The van der Waals surface area contributed by atoms with Crippen molar-refractivity contribution in [3.63, 3.8) is 0 Å². The first kappa shape index (κ1) is 15.7. The lowest BCUT2D eigenvalue weighted by Gasteiger charge is -2.46. The minimum Gasteiger partial charge on any atom is -0.300 e. The van der Waals surface area contributed by atoms with Gasteiger partial charge in [0.2, 0.25) is 0 Å². The molecule has 18 heavy (non-hydrogen) atoms. The first-order valence-corrected chi connectivity index (χ1v) is 7.31.